The summed E-state index contributed by atoms with van der Waals surface area (Å²) in [5.74, 6) is 0.141. The van der Waals surface area contributed by atoms with E-state index in [9.17, 15) is 4.79 Å². The second-order valence-corrected chi connectivity index (χ2v) is 9.24. The molecule has 2 aromatic rings. The number of hydrogen-bond donors (Lipinski definition) is 0. The number of aliphatic imine (C=N–C) groups is 1. The van der Waals surface area contributed by atoms with Gasteiger partial charge in [-0.1, -0.05) is 49.7 Å². The number of benzene rings is 2. The molecular weight excluding hydrogens is 350 g/mol. The molecule has 0 unspecified atom stereocenters. The molecule has 2 aliphatic rings. The number of ketones is 1. The topological polar surface area (TPSA) is 29.4 Å². The summed E-state index contributed by atoms with van der Waals surface area (Å²) in [4.78, 5) is 19.2. The molecule has 4 heteroatoms. The molecule has 1 fully saturated rings. The average molecular weight is 370 g/mol. The van der Waals surface area contributed by atoms with Gasteiger partial charge in [0.2, 0.25) is 0 Å². The quantitative estimate of drug-likeness (QED) is 0.593. The number of Topliss-reactive ketones (excluding diaryl/α,β-unsaturated/α-hetero) is 1. The Labute approximate surface area is 157 Å². The summed E-state index contributed by atoms with van der Waals surface area (Å²) < 4.78 is 0. The van der Waals surface area contributed by atoms with Crippen LogP contribution in [0.15, 0.2) is 58.4 Å². The highest BCUT2D eigenvalue weighted by Gasteiger charge is 2.44. The molecular formula is C21H20ClNOS. The molecule has 2 atom stereocenters. The first kappa shape index (κ1) is 16.9. The summed E-state index contributed by atoms with van der Waals surface area (Å²) in [6, 6.07) is 16.1. The van der Waals surface area contributed by atoms with Gasteiger partial charge in [0.15, 0.2) is 0 Å². The number of carbonyl (C=O) groups is 1. The predicted octanol–water partition coefficient (Wildman–Crippen LogP) is 6.26. The van der Waals surface area contributed by atoms with Gasteiger partial charge in [-0.05, 0) is 41.7 Å². The van der Waals surface area contributed by atoms with E-state index in [1.807, 2.05) is 42.5 Å². The van der Waals surface area contributed by atoms with E-state index in [1.165, 1.54) is 0 Å². The maximum Gasteiger partial charge on any atom is 0.143 e. The number of fused-ring (bicyclic) bond motifs is 2. The summed E-state index contributed by atoms with van der Waals surface area (Å²) in [5, 5.41) is 0.760. The van der Waals surface area contributed by atoms with Crippen LogP contribution in [-0.4, -0.2) is 11.5 Å². The first-order chi connectivity index (χ1) is 11.9. The minimum atomic E-state index is -0.161. The minimum Gasteiger partial charge on any atom is -0.299 e. The van der Waals surface area contributed by atoms with Gasteiger partial charge in [0.1, 0.15) is 5.78 Å². The second-order valence-electron chi connectivity index (χ2n) is 7.62. The molecule has 1 saturated carbocycles. The lowest BCUT2D eigenvalue weighted by Crippen LogP contribution is -2.39. The smallest absolute Gasteiger partial charge is 0.143 e. The normalized spacial score (nSPS) is 24.8. The fourth-order valence-electron chi connectivity index (χ4n) is 3.80. The van der Waals surface area contributed by atoms with Gasteiger partial charge >= 0.3 is 0 Å². The molecule has 0 N–H and O–H groups in total. The summed E-state index contributed by atoms with van der Waals surface area (Å²) in [6.45, 7) is 4.32. The van der Waals surface area contributed by atoms with Crippen molar-refractivity contribution in [1.82, 2.24) is 0 Å². The highest BCUT2D eigenvalue weighted by Crippen LogP contribution is 2.51. The molecule has 2 nitrogen and oxygen atoms in total. The van der Waals surface area contributed by atoms with E-state index in [1.54, 1.807) is 11.8 Å². The molecule has 0 aromatic heterocycles. The monoisotopic (exact) mass is 369 g/mol. The molecule has 0 bridgehead atoms. The Kier molecular flexibility index (Phi) is 4.25. The standard InChI is InChI=1S/C21H20ClNOS/c1-21(2)11-16-19(17(24)12-21)20(13-7-9-14(22)10-8-13)25-18-6-4-3-5-15(18)23-16/h3-10,19-20H,11-12H2,1-2H3/t19-,20+/m1/s1. The van der Waals surface area contributed by atoms with Gasteiger partial charge in [-0.25, -0.2) is 0 Å². The number of rotatable bonds is 1. The summed E-state index contributed by atoms with van der Waals surface area (Å²) >= 11 is 7.82. The van der Waals surface area contributed by atoms with Crippen LogP contribution in [-0.2, 0) is 4.79 Å². The van der Waals surface area contributed by atoms with Gasteiger partial charge < -0.3 is 0 Å². The Morgan fingerprint density at radius 2 is 1.80 bits per heavy atom. The number of thioether (sulfide) groups is 1. The van der Waals surface area contributed by atoms with E-state index < -0.39 is 0 Å². The van der Waals surface area contributed by atoms with Crippen molar-refractivity contribution in [3.05, 3.63) is 59.1 Å². The van der Waals surface area contributed by atoms with E-state index in [0.29, 0.717) is 17.2 Å². The lowest BCUT2D eigenvalue weighted by molar-refractivity contribution is -0.123. The van der Waals surface area contributed by atoms with Crippen molar-refractivity contribution in [2.75, 3.05) is 0 Å². The van der Waals surface area contributed by atoms with Crippen LogP contribution in [0.2, 0.25) is 5.02 Å². The van der Waals surface area contributed by atoms with Crippen LogP contribution in [0.25, 0.3) is 0 Å². The Morgan fingerprint density at radius 1 is 1.08 bits per heavy atom. The van der Waals surface area contributed by atoms with Crippen LogP contribution in [0.3, 0.4) is 0 Å². The Morgan fingerprint density at radius 3 is 2.56 bits per heavy atom. The Bertz CT molecular complexity index is 856. The first-order valence-corrected chi connectivity index (χ1v) is 9.80. The third-order valence-corrected chi connectivity index (χ3v) is 6.55. The zero-order valence-corrected chi connectivity index (χ0v) is 15.9. The van der Waals surface area contributed by atoms with Crippen LogP contribution in [0, 0.1) is 11.3 Å². The van der Waals surface area contributed by atoms with Gasteiger partial charge in [-0.3, -0.25) is 9.79 Å². The highest BCUT2D eigenvalue weighted by molar-refractivity contribution is 7.99. The van der Waals surface area contributed by atoms with E-state index in [2.05, 4.69) is 19.9 Å². The van der Waals surface area contributed by atoms with Crippen LogP contribution in [0.4, 0.5) is 5.69 Å². The number of carbonyl (C=O) groups excluding carboxylic acids is 1. The van der Waals surface area contributed by atoms with Crippen molar-refractivity contribution < 1.29 is 4.79 Å². The zero-order valence-electron chi connectivity index (χ0n) is 14.3. The number of halogens is 1. The molecule has 0 saturated heterocycles. The predicted molar refractivity (Wildman–Crippen MR) is 105 cm³/mol. The lowest BCUT2D eigenvalue weighted by Gasteiger charge is -2.37. The lowest BCUT2D eigenvalue weighted by atomic mass is 9.69. The van der Waals surface area contributed by atoms with Crippen molar-refractivity contribution in [3.63, 3.8) is 0 Å². The van der Waals surface area contributed by atoms with Crippen molar-refractivity contribution in [1.29, 1.82) is 0 Å². The van der Waals surface area contributed by atoms with Gasteiger partial charge in [-0.2, -0.15) is 0 Å². The largest absolute Gasteiger partial charge is 0.299 e. The molecule has 2 aromatic carbocycles. The van der Waals surface area contributed by atoms with E-state index in [4.69, 9.17) is 16.6 Å². The fraction of sp³-hybridized carbons (Fsp3) is 0.333. The molecule has 128 valence electrons. The Balaban J connectivity index is 1.86. The molecule has 1 aliphatic heterocycles. The first-order valence-electron chi connectivity index (χ1n) is 8.54. The number of para-hydroxylation sites is 1. The van der Waals surface area contributed by atoms with Gasteiger partial charge in [0.05, 0.1) is 11.6 Å². The highest BCUT2D eigenvalue weighted by atomic mass is 35.5. The van der Waals surface area contributed by atoms with Crippen LogP contribution < -0.4 is 0 Å². The maximum atomic E-state index is 13.1. The minimum absolute atomic E-state index is 0.0269. The average Bonchev–Trinajstić information content (AvgIpc) is 2.70. The van der Waals surface area contributed by atoms with Gasteiger partial charge in [-0.15, -0.1) is 11.8 Å². The van der Waals surface area contributed by atoms with Crippen LogP contribution in [0.5, 0.6) is 0 Å². The van der Waals surface area contributed by atoms with Crippen molar-refractivity contribution in [3.8, 4) is 0 Å². The van der Waals surface area contributed by atoms with Crippen LogP contribution >= 0.6 is 23.4 Å². The molecule has 0 amide bonds. The van der Waals surface area contributed by atoms with Crippen molar-refractivity contribution >= 4 is 40.5 Å². The van der Waals surface area contributed by atoms with E-state index >= 15 is 0 Å². The Hall–Kier alpha value is -1.58. The third-order valence-electron chi connectivity index (χ3n) is 4.90. The molecule has 25 heavy (non-hydrogen) atoms. The zero-order chi connectivity index (χ0) is 17.6. The van der Waals surface area contributed by atoms with Crippen LogP contribution in [0.1, 0.15) is 37.5 Å². The SMILES string of the molecule is CC1(C)CC(=O)[C@H]2C(=Nc3ccccc3S[C@H]2c2ccc(Cl)cc2)C1. The summed E-state index contributed by atoms with van der Waals surface area (Å²) in [5.41, 5.74) is 3.12. The van der Waals surface area contributed by atoms with Crippen molar-refractivity contribution in [2.45, 2.75) is 36.8 Å². The summed E-state index contributed by atoms with van der Waals surface area (Å²) in [6.07, 6.45) is 1.47. The fourth-order valence-corrected chi connectivity index (χ4v) is 5.33. The van der Waals surface area contributed by atoms with E-state index in [0.717, 1.165) is 28.3 Å². The maximum absolute atomic E-state index is 13.1. The van der Waals surface area contributed by atoms with Crippen molar-refractivity contribution in [2.24, 2.45) is 16.3 Å². The number of nitrogens with zero attached hydrogens (tertiary/aromatic N) is 1. The molecule has 0 radical (unpaired) electrons. The molecule has 4 rings (SSSR count). The third kappa shape index (κ3) is 3.28. The number of hydrogen-bond acceptors (Lipinski definition) is 3. The second kappa shape index (κ2) is 6.30. The molecule has 1 aliphatic carbocycles. The van der Waals surface area contributed by atoms with E-state index in [-0.39, 0.29) is 16.6 Å². The molecule has 0 spiro atoms. The van der Waals surface area contributed by atoms with Gasteiger partial charge in [0.25, 0.3) is 0 Å². The van der Waals surface area contributed by atoms with Gasteiger partial charge in [0, 0.05) is 27.3 Å². The summed E-state index contributed by atoms with van der Waals surface area (Å²) in [7, 11) is 0. The molecule has 1 heterocycles.